The van der Waals surface area contributed by atoms with Crippen LogP contribution in [0.2, 0.25) is 0 Å². The van der Waals surface area contributed by atoms with E-state index in [0.29, 0.717) is 0 Å². The lowest BCUT2D eigenvalue weighted by molar-refractivity contribution is 0.153. The van der Waals surface area contributed by atoms with Crippen molar-refractivity contribution in [2.45, 2.75) is 19.8 Å². The minimum absolute atomic E-state index is 1.19. The monoisotopic (exact) mass is 282 g/mol. The predicted octanol–water partition coefficient (Wildman–Crippen LogP) is 3.33. The summed E-state index contributed by atoms with van der Waals surface area (Å²) in [6.45, 7) is 8.30. The van der Waals surface area contributed by atoms with E-state index in [1.165, 1.54) is 67.5 Å². The van der Waals surface area contributed by atoms with Crippen LogP contribution in [0.25, 0.3) is 10.8 Å². The van der Waals surface area contributed by atoms with E-state index in [4.69, 9.17) is 0 Å². The molecule has 1 aliphatic rings. The lowest BCUT2D eigenvalue weighted by atomic mass is 10.0. The fraction of sp³-hybridized carbons (Fsp3) is 0.474. The summed E-state index contributed by atoms with van der Waals surface area (Å²) in [7, 11) is 2.22. The number of rotatable bonds is 4. The van der Waals surface area contributed by atoms with Gasteiger partial charge in [-0.15, -0.1) is 0 Å². The molecular weight excluding hydrogens is 256 g/mol. The van der Waals surface area contributed by atoms with Gasteiger partial charge in [0.2, 0.25) is 0 Å². The van der Waals surface area contributed by atoms with Crippen LogP contribution < -0.4 is 0 Å². The zero-order chi connectivity index (χ0) is 14.7. The van der Waals surface area contributed by atoms with Crippen LogP contribution in [-0.4, -0.2) is 49.6 Å². The third-order valence-electron chi connectivity index (χ3n) is 4.60. The van der Waals surface area contributed by atoms with E-state index < -0.39 is 0 Å². The van der Waals surface area contributed by atoms with Crippen LogP contribution >= 0.6 is 0 Å². The summed E-state index contributed by atoms with van der Waals surface area (Å²) in [5, 5.41) is 2.73. The molecule has 0 aliphatic carbocycles. The van der Waals surface area contributed by atoms with Crippen LogP contribution in [0.1, 0.15) is 17.5 Å². The van der Waals surface area contributed by atoms with Gasteiger partial charge < -0.3 is 9.80 Å². The molecule has 0 atom stereocenters. The summed E-state index contributed by atoms with van der Waals surface area (Å²) in [5.41, 5.74) is 2.82. The number of hydrogen-bond donors (Lipinski definition) is 0. The minimum atomic E-state index is 1.19. The van der Waals surface area contributed by atoms with Crippen molar-refractivity contribution in [3.8, 4) is 0 Å². The highest BCUT2D eigenvalue weighted by Crippen LogP contribution is 2.18. The molecule has 0 aromatic heterocycles. The van der Waals surface area contributed by atoms with Gasteiger partial charge >= 0.3 is 0 Å². The van der Waals surface area contributed by atoms with Gasteiger partial charge in [-0.3, -0.25) is 0 Å². The van der Waals surface area contributed by atoms with Gasteiger partial charge in [0.1, 0.15) is 0 Å². The van der Waals surface area contributed by atoms with E-state index in [-0.39, 0.29) is 0 Å². The Kier molecular flexibility index (Phi) is 4.57. The molecule has 0 spiro atoms. The Morgan fingerprint density at radius 2 is 1.67 bits per heavy atom. The van der Waals surface area contributed by atoms with Crippen molar-refractivity contribution in [2.75, 3.05) is 39.8 Å². The highest BCUT2D eigenvalue weighted by molar-refractivity contribution is 5.83. The first-order valence-electron chi connectivity index (χ1n) is 8.11. The van der Waals surface area contributed by atoms with E-state index in [0.717, 1.165) is 0 Å². The van der Waals surface area contributed by atoms with Crippen molar-refractivity contribution in [2.24, 2.45) is 0 Å². The van der Waals surface area contributed by atoms with Gasteiger partial charge in [-0.05, 0) is 49.7 Å². The van der Waals surface area contributed by atoms with E-state index in [1.807, 2.05) is 0 Å². The normalized spacial score (nSPS) is 17.4. The smallest absolute Gasteiger partial charge is 0.0110 e. The van der Waals surface area contributed by atoms with Crippen LogP contribution in [-0.2, 0) is 6.42 Å². The van der Waals surface area contributed by atoms with Crippen LogP contribution in [0.5, 0.6) is 0 Å². The Morgan fingerprint density at radius 3 is 2.48 bits per heavy atom. The molecule has 2 nitrogen and oxygen atoms in total. The molecule has 0 radical (unpaired) electrons. The van der Waals surface area contributed by atoms with E-state index in [9.17, 15) is 0 Å². The van der Waals surface area contributed by atoms with E-state index >= 15 is 0 Å². The van der Waals surface area contributed by atoms with Crippen molar-refractivity contribution in [3.63, 3.8) is 0 Å². The molecule has 0 saturated carbocycles. The lowest BCUT2D eigenvalue weighted by Gasteiger charge is -2.32. The molecule has 2 aromatic carbocycles. The molecule has 3 rings (SSSR count). The fourth-order valence-electron chi connectivity index (χ4n) is 3.15. The van der Waals surface area contributed by atoms with Crippen LogP contribution in [0.3, 0.4) is 0 Å². The molecule has 1 saturated heterocycles. The molecule has 1 heterocycles. The summed E-state index contributed by atoms with van der Waals surface area (Å²) >= 11 is 0. The first-order valence-corrected chi connectivity index (χ1v) is 8.11. The highest BCUT2D eigenvalue weighted by Gasteiger charge is 2.12. The van der Waals surface area contributed by atoms with Crippen LogP contribution in [0, 0.1) is 6.92 Å². The third-order valence-corrected chi connectivity index (χ3v) is 4.60. The Labute approximate surface area is 128 Å². The Balaban J connectivity index is 1.55. The molecule has 0 unspecified atom stereocenters. The van der Waals surface area contributed by atoms with Crippen molar-refractivity contribution in [1.82, 2.24) is 9.80 Å². The Hall–Kier alpha value is -1.38. The van der Waals surface area contributed by atoms with Gasteiger partial charge in [0, 0.05) is 26.2 Å². The van der Waals surface area contributed by atoms with Gasteiger partial charge in [-0.1, -0.05) is 42.0 Å². The zero-order valence-electron chi connectivity index (χ0n) is 13.3. The second kappa shape index (κ2) is 6.59. The van der Waals surface area contributed by atoms with Crippen molar-refractivity contribution < 1.29 is 0 Å². The molecule has 1 fully saturated rings. The standard InChI is InChI=1S/C19H26N2/c1-16-5-7-18-8-6-17(15-19(18)14-16)4-3-9-21-12-10-20(2)11-13-21/h5-8,14-15H,3-4,9-13H2,1-2H3. The number of piperazine rings is 1. The molecule has 0 amide bonds. The number of hydrogen-bond acceptors (Lipinski definition) is 2. The molecular formula is C19H26N2. The SMILES string of the molecule is Cc1ccc2ccc(CCCN3CCN(C)CC3)cc2c1. The zero-order valence-corrected chi connectivity index (χ0v) is 13.3. The summed E-state index contributed by atoms with van der Waals surface area (Å²) in [6, 6.07) is 13.6. The number of fused-ring (bicyclic) bond motifs is 1. The molecule has 2 heteroatoms. The van der Waals surface area contributed by atoms with Crippen LogP contribution in [0.4, 0.5) is 0 Å². The number of nitrogens with zero attached hydrogens (tertiary/aromatic N) is 2. The predicted molar refractivity (Wildman–Crippen MR) is 90.9 cm³/mol. The number of aryl methyl sites for hydroxylation is 2. The lowest BCUT2D eigenvalue weighted by Crippen LogP contribution is -2.44. The van der Waals surface area contributed by atoms with Gasteiger partial charge in [0.15, 0.2) is 0 Å². The minimum Gasteiger partial charge on any atom is -0.304 e. The first-order chi connectivity index (χ1) is 10.2. The number of likely N-dealkylation sites (N-methyl/N-ethyl adjacent to an activating group) is 1. The van der Waals surface area contributed by atoms with Crippen molar-refractivity contribution >= 4 is 10.8 Å². The van der Waals surface area contributed by atoms with Gasteiger partial charge in [-0.25, -0.2) is 0 Å². The Morgan fingerprint density at radius 1 is 0.905 bits per heavy atom. The molecule has 1 aliphatic heterocycles. The topological polar surface area (TPSA) is 6.48 Å². The number of benzene rings is 2. The third kappa shape index (κ3) is 3.84. The van der Waals surface area contributed by atoms with Crippen molar-refractivity contribution in [1.29, 1.82) is 0 Å². The molecule has 21 heavy (non-hydrogen) atoms. The van der Waals surface area contributed by atoms with Gasteiger partial charge in [0.05, 0.1) is 0 Å². The quantitative estimate of drug-likeness (QED) is 0.849. The molecule has 0 N–H and O–H groups in total. The molecule has 2 aromatic rings. The van der Waals surface area contributed by atoms with E-state index in [1.54, 1.807) is 0 Å². The maximum Gasteiger partial charge on any atom is 0.0110 e. The maximum absolute atomic E-state index is 2.60. The second-order valence-electron chi connectivity index (χ2n) is 6.43. The molecule has 0 bridgehead atoms. The summed E-state index contributed by atoms with van der Waals surface area (Å²) in [4.78, 5) is 5.02. The van der Waals surface area contributed by atoms with Crippen LogP contribution in [0.15, 0.2) is 36.4 Å². The average molecular weight is 282 g/mol. The average Bonchev–Trinajstić information content (AvgIpc) is 2.49. The molecule has 112 valence electrons. The largest absolute Gasteiger partial charge is 0.304 e. The summed E-state index contributed by atoms with van der Waals surface area (Å²) < 4.78 is 0. The first kappa shape index (κ1) is 14.6. The second-order valence-corrected chi connectivity index (χ2v) is 6.43. The highest BCUT2D eigenvalue weighted by atomic mass is 15.2. The van der Waals surface area contributed by atoms with Gasteiger partial charge in [0.25, 0.3) is 0 Å². The van der Waals surface area contributed by atoms with Gasteiger partial charge in [-0.2, -0.15) is 0 Å². The summed E-state index contributed by atoms with van der Waals surface area (Å²) in [6.07, 6.45) is 2.46. The maximum atomic E-state index is 2.60. The summed E-state index contributed by atoms with van der Waals surface area (Å²) in [5.74, 6) is 0. The fourth-order valence-corrected chi connectivity index (χ4v) is 3.15. The van der Waals surface area contributed by atoms with E-state index in [2.05, 4.69) is 60.2 Å². The Bertz CT molecular complexity index is 598. The van der Waals surface area contributed by atoms with Crippen molar-refractivity contribution in [3.05, 3.63) is 47.5 Å².